The fourth-order valence-electron chi connectivity index (χ4n) is 3.33. The molecule has 2 aromatic rings. The van der Waals surface area contributed by atoms with Crippen LogP contribution in [0.4, 0.5) is 0 Å². The maximum absolute atomic E-state index is 5.93. The van der Waals surface area contributed by atoms with Crippen molar-refractivity contribution in [3.8, 4) is 11.5 Å². The molecule has 1 aliphatic rings. The Kier molecular flexibility index (Phi) is 7.36. The Labute approximate surface area is 173 Å². The quantitative estimate of drug-likeness (QED) is 0.527. The third kappa shape index (κ3) is 6.12. The second kappa shape index (κ2) is 10.2. The first-order valence-electron chi connectivity index (χ1n) is 10.0. The van der Waals surface area contributed by atoms with Gasteiger partial charge >= 0.3 is 0 Å². The van der Waals surface area contributed by atoms with E-state index in [9.17, 15) is 0 Å². The molecule has 0 spiro atoms. The number of benzene rings is 2. The van der Waals surface area contributed by atoms with Gasteiger partial charge in [-0.2, -0.15) is 0 Å². The van der Waals surface area contributed by atoms with E-state index in [0.717, 1.165) is 54.6 Å². The zero-order valence-corrected chi connectivity index (χ0v) is 17.5. The van der Waals surface area contributed by atoms with Gasteiger partial charge in [-0.1, -0.05) is 36.4 Å². The Bertz CT molecular complexity index is 802. The molecule has 0 aliphatic carbocycles. The van der Waals surface area contributed by atoms with Crippen LogP contribution in [0.25, 0.3) is 0 Å². The summed E-state index contributed by atoms with van der Waals surface area (Å²) in [6.07, 6.45) is 2.18. The number of aliphatic imine (C=N–C) groups is 1. The molecule has 1 aliphatic heterocycles. The molecule has 0 amide bonds. The lowest BCUT2D eigenvalue weighted by molar-refractivity contribution is 0.0243. The number of guanidine groups is 1. The van der Waals surface area contributed by atoms with Crippen molar-refractivity contribution in [2.75, 3.05) is 27.3 Å². The number of hydrogen-bond acceptors (Lipinski definition) is 4. The van der Waals surface area contributed by atoms with Crippen LogP contribution in [0.15, 0.2) is 53.5 Å². The normalized spacial score (nSPS) is 19.1. The van der Waals surface area contributed by atoms with E-state index >= 15 is 0 Å². The van der Waals surface area contributed by atoms with Gasteiger partial charge in [0.15, 0.2) is 17.5 Å². The van der Waals surface area contributed by atoms with Gasteiger partial charge in [-0.3, -0.25) is 4.99 Å². The van der Waals surface area contributed by atoms with Gasteiger partial charge in [0.2, 0.25) is 0 Å². The Morgan fingerprint density at radius 1 is 1.10 bits per heavy atom. The minimum atomic E-state index is -0.113. The first-order chi connectivity index (χ1) is 14.1. The molecule has 1 saturated heterocycles. The molecule has 156 valence electrons. The minimum absolute atomic E-state index is 0.113. The monoisotopic (exact) mass is 397 g/mol. The van der Waals surface area contributed by atoms with Crippen LogP contribution < -0.4 is 20.1 Å². The van der Waals surface area contributed by atoms with Crippen molar-refractivity contribution >= 4 is 5.96 Å². The maximum atomic E-state index is 5.93. The van der Waals surface area contributed by atoms with Gasteiger partial charge in [-0.25, -0.2) is 0 Å². The molecule has 3 rings (SSSR count). The highest BCUT2D eigenvalue weighted by atomic mass is 16.5. The molecule has 2 aromatic carbocycles. The smallest absolute Gasteiger partial charge is 0.191 e. The standard InChI is InChI=1S/C23H31N3O3/c1-23(12-7-13-29-23)17-26-22(24-2)25-15-19-10-11-20(21(14-19)27-3)28-16-18-8-5-4-6-9-18/h4-6,8-11,14H,7,12-13,15-17H2,1-3H3,(H2,24,25,26). The summed E-state index contributed by atoms with van der Waals surface area (Å²) in [7, 11) is 3.43. The van der Waals surface area contributed by atoms with Gasteiger partial charge in [0.25, 0.3) is 0 Å². The summed E-state index contributed by atoms with van der Waals surface area (Å²) < 4.78 is 17.3. The van der Waals surface area contributed by atoms with Crippen LogP contribution in [0, 0.1) is 0 Å². The van der Waals surface area contributed by atoms with Crippen molar-refractivity contribution in [1.29, 1.82) is 0 Å². The Morgan fingerprint density at radius 2 is 1.93 bits per heavy atom. The number of nitrogens with zero attached hydrogens (tertiary/aromatic N) is 1. The molecule has 2 N–H and O–H groups in total. The van der Waals surface area contributed by atoms with Crippen LogP contribution in [0.1, 0.15) is 30.9 Å². The molecule has 1 atom stereocenters. The van der Waals surface area contributed by atoms with E-state index in [0.29, 0.717) is 13.2 Å². The molecular formula is C23H31N3O3. The molecule has 29 heavy (non-hydrogen) atoms. The van der Waals surface area contributed by atoms with E-state index < -0.39 is 0 Å². The lowest BCUT2D eigenvalue weighted by Crippen LogP contribution is -2.45. The summed E-state index contributed by atoms with van der Waals surface area (Å²) in [6, 6.07) is 16.1. The van der Waals surface area contributed by atoms with Crippen molar-refractivity contribution in [3.63, 3.8) is 0 Å². The van der Waals surface area contributed by atoms with E-state index in [1.165, 1.54) is 0 Å². The maximum Gasteiger partial charge on any atom is 0.191 e. The van der Waals surface area contributed by atoms with Gasteiger partial charge in [0, 0.05) is 26.7 Å². The summed E-state index contributed by atoms with van der Waals surface area (Å²) in [6.45, 7) is 4.85. The van der Waals surface area contributed by atoms with Crippen molar-refractivity contribution in [2.24, 2.45) is 4.99 Å². The molecule has 0 bridgehead atoms. The topological polar surface area (TPSA) is 64.1 Å². The van der Waals surface area contributed by atoms with Crippen LogP contribution in [0.3, 0.4) is 0 Å². The molecule has 0 radical (unpaired) electrons. The highest BCUT2D eigenvalue weighted by molar-refractivity contribution is 5.79. The number of methoxy groups -OCH3 is 1. The summed E-state index contributed by atoms with van der Waals surface area (Å²) in [4.78, 5) is 4.30. The fourth-order valence-corrected chi connectivity index (χ4v) is 3.33. The van der Waals surface area contributed by atoms with Gasteiger partial charge < -0.3 is 24.8 Å². The summed E-state index contributed by atoms with van der Waals surface area (Å²) in [5, 5.41) is 6.70. The number of ether oxygens (including phenoxy) is 3. The third-order valence-corrected chi connectivity index (χ3v) is 5.08. The lowest BCUT2D eigenvalue weighted by Gasteiger charge is -2.24. The zero-order valence-electron chi connectivity index (χ0n) is 17.5. The average molecular weight is 398 g/mol. The summed E-state index contributed by atoms with van der Waals surface area (Å²) in [5.41, 5.74) is 2.09. The molecule has 1 fully saturated rings. The van der Waals surface area contributed by atoms with E-state index in [4.69, 9.17) is 14.2 Å². The Hall–Kier alpha value is -2.73. The largest absolute Gasteiger partial charge is 0.493 e. The van der Waals surface area contributed by atoms with E-state index in [2.05, 4.69) is 22.5 Å². The van der Waals surface area contributed by atoms with E-state index in [1.54, 1.807) is 14.2 Å². The summed E-state index contributed by atoms with van der Waals surface area (Å²) in [5.74, 6) is 2.20. The lowest BCUT2D eigenvalue weighted by atomic mass is 10.0. The van der Waals surface area contributed by atoms with Crippen molar-refractivity contribution in [1.82, 2.24) is 10.6 Å². The first-order valence-corrected chi connectivity index (χ1v) is 10.0. The second-order valence-corrected chi connectivity index (χ2v) is 7.44. The Morgan fingerprint density at radius 3 is 2.62 bits per heavy atom. The zero-order chi connectivity index (χ0) is 20.5. The molecule has 0 aromatic heterocycles. The van der Waals surface area contributed by atoms with Crippen LogP contribution >= 0.6 is 0 Å². The second-order valence-electron chi connectivity index (χ2n) is 7.44. The van der Waals surface area contributed by atoms with Gasteiger partial charge in [-0.05, 0) is 43.0 Å². The van der Waals surface area contributed by atoms with Crippen LogP contribution in [0.5, 0.6) is 11.5 Å². The molecule has 6 heteroatoms. The van der Waals surface area contributed by atoms with Gasteiger partial charge in [0.1, 0.15) is 6.61 Å². The Balaban J connectivity index is 1.53. The number of nitrogens with one attached hydrogen (secondary N) is 2. The van der Waals surface area contributed by atoms with Crippen LogP contribution in [0.2, 0.25) is 0 Å². The highest BCUT2D eigenvalue weighted by Gasteiger charge is 2.29. The predicted molar refractivity (Wildman–Crippen MR) is 116 cm³/mol. The summed E-state index contributed by atoms with van der Waals surface area (Å²) >= 11 is 0. The number of rotatable bonds is 8. The first kappa shape index (κ1) is 21.0. The third-order valence-electron chi connectivity index (χ3n) is 5.08. The minimum Gasteiger partial charge on any atom is -0.493 e. The van der Waals surface area contributed by atoms with Crippen molar-refractivity contribution in [2.45, 2.75) is 38.5 Å². The molecule has 0 saturated carbocycles. The van der Waals surface area contributed by atoms with Gasteiger partial charge in [0.05, 0.1) is 12.7 Å². The van der Waals surface area contributed by atoms with Crippen LogP contribution in [-0.4, -0.2) is 38.9 Å². The molecular weight excluding hydrogens is 366 g/mol. The predicted octanol–water partition coefficient (Wildman–Crippen LogP) is 3.51. The van der Waals surface area contributed by atoms with E-state index in [-0.39, 0.29) is 5.60 Å². The molecule has 1 heterocycles. The molecule has 1 unspecified atom stereocenters. The molecule has 6 nitrogen and oxygen atoms in total. The number of hydrogen-bond donors (Lipinski definition) is 2. The highest BCUT2D eigenvalue weighted by Crippen LogP contribution is 2.29. The SMILES string of the molecule is CN=C(NCc1ccc(OCc2ccccc2)c(OC)c1)NCC1(C)CCCO1. The average Bonchev–Trinajstić information content (AvgIpc) is 3.20. The van der Waals surface area contributed by atoms with Crippen molar-refractivity contribution < 1.29 is 14.2 Å². The fraction of sp³-hybridized carbons (Fsp3) is 0.435. The van der Waals surface area contributed by atoms with E-state index in [1.807, 2.05) is 48.5 Å². The van der Waals surface area contributed by atoms with Crippen molar-refractivity contribution in [3.05, 3.63) is 59.7 Å². The van der Waals surface area contributed by atoms with Gasteiger partial charge in [-0.15, -0.1) is 0 Å². The van der Waals surface area contributed by atoms with Crippen LogP contribution in [-0.2, 0) is 17.9 Å².